The standard InChI is InChI=1S/C31H26FN5O4S2/c32-25-11-6-23(7-12-25)30-24(20-37(35-30)26-4-2-1-3-5-26)10-15-29(38)34-31-33-28(21-42-31)22-8-13-27(14-9-22)43(39,40)36-16-18-41-19-17-36/h1-15,20-21H,16-19H2,(H,33,34,38). The van der Waals surface area contributed by atoms with E-state index >= 15 is 0 Å². The second-order valence-corrected chi connectivity index (χ2v) is 12.4. The largest absolute Gasteiger partial charge is 0.379 e. The number of carbonyl (C=O) groups is 1. The summed E-state index contributed by atoms with van der Waals surface area (Å²) >= 11 is 1.26. The fourth-order valence-electron chi connectivity index (χ4n) is 4.56. The Morgan fingerprint density at radius 3 is 2.37 bits per heavy atom. The van der Waals surface area contributed by atoms with Gasteiger partial charge in [-0.1, -0.05) is 30.3 Å². The molecule has 1 aliphatic heterocycles. The van der Waals surface area contributed by atoms with Crippen molar-refractivity contribution >= 4 is 38.5 Å². The van der Waals surface area contributed by atoms with Gasteiger partial charge in [0, 0.05) is 47.4 Å². The number of rotatable bonds is 8. The third-order valence-electron chi connectivity index (χ3n) is 6.79. The predicted octanol–water partition coefficient (Wildman–Crippen LogP) is 5.47. The molecule has 0 aliphatic carbocycles. The predicted molar refractivity (Wildman–Crippen MR) is 164 cm³/mol. The Labute approximate surface area is 251 Å². The molecule has 0 saturated carbocycles. The Morgan fingerprint density at radius 1 is 0.953 bits per heavy atom. The first-order valence-electron chi connectivity index (χ1n) is 13.4. The number of aromatic nitrogens is 3. The number of carbonyl (C=O) groups excluding carboxylic acids is 1. The topological polar surface area (TPSA) is 106 Å². The quantitative estimate of drug-likeness (QED) is 0.232. The molecule has 1 amide bonds. The molecule has 5 aromatic rings. The molecule has 6 rings (SSSR count). The number of hydrogen-bond donors (Lipinski definition) is 1. The molecule has 1 N–H and O–H groups in total. The molecular weight excluding hydrogens is 590 g/mol. The molecule has 43 heavy (non-hydrogen) atoms. The van der Waals surface area contributed by atoms with Gasteiger partial charge in [0.15, 0.2) is 5.13 Å². The fourth-order valence-corrected chi connectivity index (χ4v) is 6.69. The van der Waals surface area contributed by atoms with Gasteiger partial charge in [-0.05, 0) is 54.6 Å². The molecule has 12 heteroatoms. The maximum absolute atomic E-state index is 13.6. The van der Waals surface area contributed by atoms with Crippen LogP contribution in [-0.4, -0.2) is 59.7 Å². The minimum atomic E-state index is -3.59. The average molecular weight is 616 g/mol. The third-order valence-corrected chi connectivity index (χ3v) is 9.46. The van der Waals surface area contributed by atoms with Gasteiger partial charge in [0.1, 0.15) is 5.82 Å². The molecule has 1 aliphatic rings. The molecule has 2 aromatic heterocycles. The molecule has 0 bridgehead atoms. The normalized spacial score (nSPS) is 14.3. The highest BCUT2D eigenvalue weighted by Crippen LogP contribution is 2.28. The van der Waals surface area contributed by atoms with Gasteiger partial charge < -0.3 is 4.74 Å². The Hall–Kier alpha value is -4.49. The van der Waals surface area contributed by atoms with Crippen LogP contribution < -0.4 is 5.32 Å². The maximum Gasteiger partial charge on any atom is 0.250 e. The van der Waals surface area contributed by atoms with E-state index in [1.807, 2.05) is 36.5 Å². The Kier molecular flexibility index (Phi) is 8.25. The summed E-state index contributed by atoms with van der Waals surface area (Å²) in [6, 6.07) is 22.1. The SMILES string of the molecule is O=C(C=Cc1cn(-c2ccccc2)nc1-c1ccc(F)cc1)Nc1nc(-c2ccc(S(=O)(=O)N3CCOCC3)cc2)cs1. The Balaban J connectivity index is 1.16. The van der Waals surface area contributed by atoms with E-state index in [2.05, 4.69) is 15.4 Å². The van der Waals surface area contributed by atoms with E-state index in [1.54, 1.807) is 52.5 Å². The molecule has 1 saturated heterocycles. The number of anilines is 1. The van der Waals surface area contributed by atoms with Gasteiger partial charge in [-0.15, -0.1) is 11.3 Å². The zero-order valence-electron chi connectivity index (χ0n) is 22.8. The van der Waals surface area contributed by atoms with Crippen LogP contribution in [-0.2, 0) is 19.6 Å². The highest BCUT2D eigenvalue weighted by Gasteiger charge is 2.26. The van der Waals surface area contributed by atoms with Crippen LogP contribution in [0.5, 0.6) is 0 Å². The molecule has 0 spiro atoms. The van der Waals surface area contributed by atoms with Crippen LogP contribution in [0.3, 0.4) is 0 Å². The van der Waals surface area contributed by atoms with Crippen molar-refractivity contribution in [2.45, 2.75) is 4.90 Å². The summed E-state index contributed by atoms with van der Waals surface area (Å²) < 4.78 is 47.7. The molecule has 3 aromatic carbocycles. The first-order valence-corrected chi connectivity index (χ1v) is 15.7. The van der Waals surface area contributed by atoms with Crippen molar-refractivity contribution in [1.82, 2.24) is 19.1 Å². The minimum absolute atomic E-state index is 0.211. The van der Waals surface area contributed by atoms with Crippen LogP contribution in [0.25, 0.3) is 34.3 Å². The molecular formula is C31H26FN5O4S2. The van der Waals surface area contributed by atoms with E-state index in [9.17, 15) is 17.6 Å². The number of para-hydroxylation sites is 1. The van der Waals surface area contributed by atoms with Gasteiger partial charge in [-0.25, -0.2) is 22.5 Å². The summed E-state index contributed by atoms with van der Waals surface area (Å²) in [4.78, 5) is 17.5. The lowest BCUT2D eigenvalue weighted by atomic mass is 10.1. The number of morpholine rings is 1. The number of amides is 1. The summed E-state index contributed by atoms with van der Waals surface area (Å²) in [5.41, 5.74) is 4.18. The van der Waals surface area contributed by atoms with Gasteiger partial charge in [-0.2, -0.15) is 9.40 Å². The maximum atomic E-state index is 13.6. The van der Waals surface area contributed by atoms with Gasteiger partial charge >= 0.3 is 0 Å². The van der Waals surface area contributed by atoms with Crippen molar-refractivity contribution in [3.63, 3.8) is 0 Å². The lowest BCUT2D eigenvalue weighted by Gasteiger charge is -2.26. The van der Waals surface area contributed by atoms with Crippen LogP contribution in [0, 0.1) is 5.82 Å². The summed E-state index contributed by atoms with van der Waals surface area (Å²) in [6.45, 7) is 1.42. The van der Waals surface area contributed by atoms with Gasteiger partial charge in [0.05, 0.1) is 35.2 Å². The van der Waals surface area contributed by atoms with E-state index < -0.39 is 10.0 Å². The molecule has 0 unspecified atom stereocenters. The number of benzene rings is 3. The number of thiazole rings is 1. The van der Waals surface area contributed by atoms with Crippen LogP contribution in [0.2, 0.25) is 0 Å². The van der Waals surface area contributed by atoms with E-state index in [-0.39, 0.29) is 16.6 Å². The lowest BCUT2D eigenvalue weighted by molar-refractivity contribution is -0.111. The number of sulfonamides is 1. The first kappa shape index (κ1) is 28.6. The third kappa shape index (κ3) is 6.47. The minimum Gasteiger partial charge on any atom is -0.379 e. The molecule has 218 valence electrons. The van der Waals surface area contributed by atoms with Crippen molar-refractivity contribution in [3.8, 4) is 28.2 Å². The fraction of sp³-hybridized carbons (Fsp3) is 0.129. The lowest BCUT2D eigenvalue weighted by Crippen LogP contribution is -2.40. The van der Waals surface area contributed by atoms with Crippen LogP contribution in [0.4, 0.5) is 9.52 Å². The highest BCUT2D eigenvalue weighted by molar-refractivity contribution is 7.89. The summed E-state index contributed by atoms with van der Waals surface area (Å²) in [7, 11) is -3.59. The number of hydrogen-bond acceptors (Lipinski definition) is 7. The second-order valence-electron chi connectivity index (χ2n) is 9.62. The van der Waals surface area contributed by atoms with Crippen molar-refractivity contribution < 1.29 is 22.3 Å². The van der Waals surface area contributed by atoms with Crippen molar-refractivity contribution in [2.75, 3.05) is 31.6 Å². The van der Waals surface area contributed by atoms with E-state index in [0.29, 0.717) is 53.9 Å². The molecule has 9 nitrogen and oxygen atoms in total. The van der Waals surface area contributed by atoms with Crippen LogP contribution in [0.15, 0.2) is 101 Å². The smallest absolute Gasteiger partial charge is 0.250 e. The summed E-state index contributed by atoms with van der Waals surface area (Å²) in [5, 5.41) is 9.65. The molecule has 0 atom stereocenters. The average Bonchev–Trinajstić information content (AvgIpc) is 3.69. The Bertz CT molecular complexity index is 1860. The first-order chi connectivity index (χ1) is 20.9. The van der Waals surface area contributed by atoms with E-state index in [1.165, 1.54) is 33.9 Å². The zero-order valence-corrected chi connectivity index (χ0v) is 24.4. The van der Waals surface area contributed by atoms with Gasteiger partial charge in [0.25, 0.3) is 0 Å². The number of ether oxygens (including phenoxy) is 1. The van der Waals surface area contributed by atoms with Crippen LogP contribution in [0.1, 0.15) is 5.56 Å². The van der Waals surface area contributed by atoms with E-state index in [0.717, 1.165) is 11.3 Å². The van der Waals surface area contributed by atoms with Gasteiger partial charge in [-0.3, -0.25) is 10.1 Å². The summed E-state index contributed by atoms with van der Waals surface area (Å²) in [6.07, 6.45) is 4.86. The summed E-state index contributed by atoms with van der Waals surface area (Å²) in [5.74, 6) is -0.732. The monoisotopic (exact) mass is 615 g/mol. The highest BCUT2D eigenvalue weighted by atomic mass is 32.2. The number of halogens is 1. The van der Waals surface area contributed by atoms with Gasteiger partial charge in [0.2, 0.25) is 15.9 Å². The second kappa shape index (κ2) is 12.4. The van der Waals surface area contributed by atoms with Crippen molar-refractivity contribution in [1.29, 1.82) is 0 Å². The molecule has 3 heterocycles. The molecule has 0 radical (unpaired) electrons. The number of nitrogens with one attached hydrogen (secondary N) is 1. The number of nitrogens with zero attached hydrogens (tertiary/aromatic N) is 4. The van der Waals surface area contributed by atoms with Crippen LogP contribution >= 0.6 is 11.3 Å². The zero-order chi connectivity index (χ0) is 29.8. The van der Waals surface area contributed by atoms with Crippen molar-refractivity contribution in [2.24, 2.45) is 0 Å². The molecule has 1 fully saturated rings. The Morgan fingerprint density at radius 2 is 1.65 bits per heavy atom. The van der Waals surface area contributed by atoms with E-state index in [4.69, 9.17) is 4.74 Å². The van der Waals surface area contributed by atoms with Crippen molar-refractivity contribution in [3.05, 3.63) is 108 Å².